The van der Waals surface area contributed by atoms with Gasteiger partial charge >= 0.3 is 6.09 Å². The second kappa shape index (κ2) is 6.89. The Balaban J connectivity index is 1.83. The Morgan fingerprint density at radius 3 is 3.11 bits per heavy atom. The van der Waals surface area contributed by atoms with Gasteiger partial charge in [0, 0.05) is 13.2 Å². The van der Waals surface area contributed by atoms with E-state index in [-0.39, 0.29) is 12.2 Å². The van der Waals surface area contributed by atoms with Crippen molar-refractivity contribution in [2.24, 2.45) is 0 Å². The Hall–Kier alpha value is -0.880. The van der Waals surface area contributed by atoms with Gasteiger partial charge in [-0.25, -0.2) is 9.78 Å². The van der Waals surface area contributed by atoms with Crippen LogP contribution in [0.15, 0.2) is 29.4 Å². The minimum absolute atomic E-state index is 0.0196. The fraction of sp³-hybridized carbons (Fsp3) is 0.500. The topological polar surface area (TPSA) is 51.2 Å². The van der Waals surface area contributed by atoms with Gasteiger partial charge in [-0.05, 0) is 42.2 Å². The highest BCUT2D eigenvalue weighted by atomic mass is 33.1. The Morgan fingerprint density at radius 1 is 1.50 bits per heavy atom. The Kier molecular flexibility index (Phi) is 5.19. The lowest BCUT2D eigenvalue weighted by Gasteiger charge is -2.18. The quantitative estimate of drug-likeness (QED) is 0.861. The smallest absolute Gasteiger partial charge is 0.407 e. The van der Waals surface area contributed by atoms with Crippen LogP contribution in [0.4, 0.5) is 4.79 Å². The van der Waals surface area contributed by atoms with Gasteiger partial charge < -0.3 is 10.1 Å². The number of alkyl carbamates (subject to hydrolysis) is 1. The van der Waals surface area contributed by atoms with E-state index in [0.29, 0.717) is 5.25 Å². The van der Waals surface area contributed by atoms with E-state index < -0.39 is 0 Å². The van der Waals surface area contributed by atoms with Crippen LogP contribution in [0.5, 0.6) is 0 Å². The maximum absolute atomic E-state index is 11.2. The average Bonchev–Trinajstić information content (AvgIpc) is 2.84. The summed E-state index contributed by atoms with van der Waals surface area (Å²) in [6.07, 6.45) is 4.62. The minimum Gasteiger partial charge on any atom is -0.445 e. The molecule has 0 bridgehead atoms. The van der Waals surface area contributed by atoms with E-state index in [2.05, 4.69) is 10.3 Å². The molecular formula is C12H16N2O2S2. The number of nitrogens with zero attached hydrogens (tertiary/aromatic N) is 1. The minimum atomic E-state index is -0.338. The number of aromatic nitrogens is 1. The molecule has 0 saturated heterocycles. The number of rotatable bonds is 4. The summed E-state index contributed by atoms with van der Waals surface area (Å²) in [6, 6.07) is 5.87. The second-order valence-corrected chi connectivity index (χ2v) is 6.47. The van der Waals surface area contributed by atoms with Gasteiger partial charge in [0.05, 0.1) is 5.25 Å². The van der Waals surface area contributed by atoms with Crippen molar-refractivity contribution >= 4 is 27.7 Å². The van der Waals surface area contributed by atoms with Crippen LogP contribution < -0.4 is 5.32 Å². The van der Waals surface area contributed by atoms with Gasteiger partial charge in [-0.15, -0.1) is 0 Å². The summed E-state index contributed by atoms with van der Waals surface area (Å²) in [7, 11) is 4.98. The van der Waals surface area contributed by atoms with Gasteiger partial charge in [-0.2, -0.15) is 0 Å². The lowest BCUT2D eigenvalue weighted by atomic mass is 10.3. The van der Waals surface area contributed by atoms with Crippen LogP contribution in [0.1, 0.15) is 19.3 Å². The van der Waals surface area contributed by atoms with Gasteiger partial charge in [0.1, 0.15) is 11.1 Å². The Bertz CT molecular complexity index is 389. The maximum atomic E-state index is 11.2. The summed E-state index contributed by atoms with van der Waals surface area (Å²) in [5.41, 5.74) is 0. The van der Waals surface area contributed by atoms with Gasteiger partial charge in [-0.3, -0.25) is 0 Å². The molecule has 98 valence electrons. The highest BCUT2D eigenvalue weighted by Gasteiger charge is 2.31. The SMILES string of the molecule is CNC(=O)O[C@H]1CCC[C@@H]1SSc1ccccn1. The molecule has 0 unspecified atom stereocenters. The van der Waals surface area contributed by atoms with E-state index in [4.69, 9.17) is 4.74 Å². The molecule has 1 aliphatic rings. The zero-order chi connectivity index (χ0) is 12.8. The maximum Gasteiger partial charge on any atom is 0.407 e. The van der Waals surface area contributed by atoms with Crippen LogP contribution in [-0.4, -0.2) is 29.5 Å². The van der Waals surface area contributed by atoms with Crippen LogP contribution in [0.2, 0.25) is 0 Å². The first-order valence-corrected chi connectivity index (χ1v) is 8.13. The number of hydrogen-bond acceptors (Lipinski definition) is 5. The predicted molar refractivity (Wildman–Crippen MR) is 74.7 cm³/mol. The van der Waals surface area contributed by atoms with Crippen molar-refractivity contribution in [2.45, 2.75) is 35.6 Å². The van der Waals surface area contributed by atoms with Gasteiger partial charge in [-0.1, -0.05) is 16.9 Å². The fourth-order valence-corrected chi connectivity index (χ4v) is 4.50. The Labute approximate surface area is 115 Å². The highest BCUT2D eigenvalue weighted by Crippen LogP contribution is 2.41. The molecule has 0 aromatic carbocycles. The molecule has 1 heterocycles. The molecule has 0 aliphatic heterocycles. The van der Waals surface area contributed by atoms with Crippen molar-refractivity contribution in [3.63, 3.8) is 0 Å². The first kappa shape index (κ1) is 13.5. The van der Waals surface area contributed by atoms with Crippen LogP contribution in [0, 0.1) is 0 Å². The van der Waals surface area contributed by atoms with Crippen LogP contribution in [0.25, 0.3) is 0 Å². The largest absolute Gasteiger partial charge is 0.445 e. The normalized spacial score (nSPS) is 22.7. The zero-order valence-corrected chi connectivity index (χ0v) is 11.8. The van der Waals surface area contributed by atoms with Crippen LogP contribution in [0.3, 0.4) is 0 Å². The number of nitrogens with one attached hydrogen (secondary N) is 1. The fourth-order valence-electron chi connectivity index (χ4n) is 1.84. The third kappa shape index (κ3) is 3.81. The standard InChI is InChI=1S/C12H16N2O2S2/c1-13-12(15)16-9-5-4-6-10(9)17-18-11-7-2-3-8-14-11/h2-3,7-10H,4-6H2,1H3,(H,13,15)/t9-,10-/m0/s1. The number of amides is 1. The van der Waals surface area contributed by atoms with Crippen LogP contribution in [-0.2, 0) is 4.74 Å². The van der Waals surface area contributed by atoms with Crippen molar-refractivity contribution in [1.82, 2.24) is 10.3 Å². The van der Waals surface area contributed by atoms with Crippen molar-refractivity contribution in [1.29, 1.82) is 0 Å². The summed E-state index contributed by atoms with van der Waals surface area (Å²) in [4.78, 5) is 15.5. The number of hydrogen-bond donors (Lipinski definition) is 1. The number of pyridine rings is 1. The van der Waals surface area contributed by atoms with Crippen molar-refractivity contribution in [3.8, 4) is 0 Å². The molecule has 1 aromatic heterocycles. The molecule has 1 amide bonds. The van der Waals surface area contributed by atoms with E-state index in [0.717, 1.165) is 24.3 Å². The van der Waals surface area contributed by atoms with Crippen molar-refractivity contribution in [2.75, 3.05) is 7.05 Å². The number of carbonyl (C=O) groups excluding carboxylic acids is 1. The van der Waals surface area contributed by atoms with Gasteiger partial charge in [0.15, 0.2) is 0 Å². The molecule has 2 rings (SSSR count). The molecular weight excluding hydrogens is 268 g/mol. The molecule has 4 nitrogen and oxygen atoms in total. The van der Waals surface area contributed by atoms with E-state index in [1.807, 2.05) is 18.2 Å². The molecule has 0 spiro atoms. The molecule has 1 saturated carbocycles. The summed E-state index contributed by atoms with van der Waals surface area (Å²) >= 11 is 0. The molecule has 1 fully saturated rings. The third-order valence-corrected chi connectivity index (χ3v) is 5.59. The van der Waals surface area contributed by atoms with Gasteiger partial charge in [0.2, 0.25) is 0 Å². The highest BCUT2D eigenvalue weighted by molar-refractivity contribution is 8.76. The number of carbonyl (C=O) groups is 1. The first-order valence-electron chi connectivity index (χ1n) is 5.92. The second-order valence-electron chi connectivity index (χ2n) is 4.01. The average molecular weight is 284 g/mol. The van der Waals surface area contributed by atoms with Crippen molar-refractivity contribution in [3.05, 3.63) is 24.4 Å². The van der Waals surface area contributed by atoms with Crippen molar-refractivity contribution < 1.29 is 9.53 Å². The summed E-state index contributed by atoms with van der Waals surface area (Å²) in [6.45, 7) is 0. The lowest BCUT2D eigenvalue weighted by molar-refractivity contribution is 0.105. The molecule has 6 heteroatoms. The third-order valence-electron chi connectivity index (χ3n) is 2.75. The molecule has 0 radical (unpaired) electrons. The molecule has 18 heavy (non-hydrogen) atoms. The monoisotopic (exact) mass is 284 g/mol. The van der Waals surface area contributed by atoms with E-state index in [1.165, 1.54) is 0 Å². The summed E-state index contributed by atoms with van der Waals surface area (Å²) < 4.78 is 5.36. The molecule has 1 aromatic rings. The van der Waals surface area contributed by atoms with E-state index >= 15 is 0 Å². The molecule has 1 aliphatic carbocycles. The van der Waals surface area contributed by atoms with Crippen LogP contribution >= 0.6 is 21.6 Å². The van der Waals surface area contributed by atoms with E-state index in [9.17, 15) is 4.79 Å². The predicted octanol–water partition coefficient (Wildman–Crippen LogP) is 3.10. The zero-order valence-electron chi connectivity index (χ0n) is 10.2. The first-order chi connectivity index (χ1) is 8.79. The summed E-state index contributed by atoms with van der Waals surface area (Å²) in [5.74, 6) is 0. The molecule has 2 atom stereocenters. The van der Waals surface area contributed by atoms with Gasteiger partial charge in [0.25, 0.3) is 0 Å². The van der Waals surface area contributed by atoms with E-state index in [1.54, 1.807) is 34.8 Å². The summed E-state index contributed by atoms with van der Waals surface area (Å²) in [5, 5.41) is 3.85. The number of ether oxygens (including phenoxy) is 1. The lowest BCUT2D eigenvalue weighted by Crippen LogP contribution is -2.29. The Morgan fingerprint density at radius 2 is 2.39 bits per heavy atom. The molecule has 1 N–H and O–H groups in total.